The summed E-state index contributed by atoms with van der Waals surface area (Å²) in [4.78, 5) is 12.5. The molecule has 0 aromatic heterocycles. The van der Waals surface area contributed by atoms with E-state index in [2.05, 4.69) is 10.6 Å². The SMILES string of the molecule is CCOC(=O)C1=C(C)NC(=S)N[C@H]1c1c(O)ccc2ccccc12. The number of thiocarbonyl (C=S) groups is 1. The van der Waals surface area contributed by atoms with E-state index in [1.54, 1.807) is 19.9 Å². The number of aromatic hydroxyl groups is 1. The highest BCUT2D eigenvalue weighted by Crippen LogP contribution is 2.38. The van der Waals surface area contributed by atoms with E-state index < -0.39 is 12.0 Å². The largest absolute Gasteiger partial charge is 0.508 e. The quantitative estimate of drug-likeness (QED) is 0.589. The van der Waals surface area contributed by atoms with Crippen LogP contribution in [0.1, 0.15) is 25.5 Å². The summed E-state index contributed by atoms with van der Waals surface area (Å²) in [6.07, 6.45) is 0. The number of ether oxygens (including phenoxy) is 1. The van der Waals surface area contributed by atoms with Crippen LogP contribution in [0, 0.1) is 0 Å². The Balaban J connectivity index is 2.22. The molecule has 1 aliphatic rings. The number of hydrogen-bond acceptors (Lipinski definition) is 4. The molecule has 0 saturated heterocycles. The van der Waals surface area contributed by atoms with Crippen molar-refractivity contribution >= 4 is 34.1 Å². The van der Waals surface area contributed by atoms with Crippen LogP contribution in [0.5, 0.6) is 5.75 Å². The molecule has 1 atom stereocenters. The van der Waals surface area contributed by atoms with Crippen molar-refractivity contribution in [2.24, 2.45) is 0 Å². The maximum Gasteiger partial charge on any atom is 0.338 e. The lowest BCUT2D eigenvalue weighted by molar-refractivity contribution is -0.139. The van der Waals surface area contributed by atoms with E-state index in [0.717, 1.165) is 10.8 Å². The van der Waals surface area contributed by atoms with Gasteiger partial charge < -0.3 is 20.5 Å². The number of benzene rings is 2. The molecule has 3 rings (SSSR count). The zero-order chi connectivity index (χ0) is 17.3. The van der Waals surface area contributed by atoms with Gasteiger partial charge in [0.1, 0.15) is 5.75 Å². The van der Waals surface area contributed by atoms with Crippen LogP contribution < -0.4 is 10.6 Å². The molecule has 6 heteroatoms. The van der Waals surface area contributed by atoms with Gasteiger partial charge in [-0.15, -0.1) is 0 Å². The molecule has 0 unspecified atom stereocenters. The van der Waals surface area contributed by atoms with E-state index in [4.69, 9.17) is 17.0 Å². The summed E-state index contributed by atoms with van der Waals surface area (Å²) in [5, 5.41) is 18.8. The minimum absolute atomic E-state index is 0.102. The fourth-order valence-corrected chi connectivity index (χ4v) is 3.25. The summed E-state index contributed by atoms with van der Waals surface area (Å²) in [6, 6.07) is 10.6. The average Bonchev–Trinajstić information content (AvgIpc) is 2.54. The monoisotopic (exact) mass is 342 g/mol. The Morgan fingerprint density at radius 3 is 2.79 bits per heavy atom. The van der Waals surface area contributed by atoms with Crippen molar-refractivity contribution in [3.63, 3.8) is 0 Å². The predicted octanol–water partition coefficient (Wildman–Crippen LogP) is 2.90. The van der Waals surface area contributed by atoms with Gasteiger partial charge in [-0.05, 0) is 42.9 Å². The Bertz CT molecular complexity index is 860. The molecule has 124 valence electrons. The zero-order valence-corrected chi connectivity index (χ0v) is 14.2. The molecule has 3 N–H and O–H groups in total. The third kappa shape index (κ3) is 2.80. The number of nitrogens with one attached hydrogen (secondary N) is 2. The number of fused-ring (bicyclic) bond motifs is 1. The summed E-state index contributed by atoms with van der Waals surface area (Å²) in [6.45, 7) is 3.80. The van der Waals surface area contributed by atoms with Crippen molar-refractivity contribution in [3.05, 3.63) is 53.2 Å². The van der Waals surface area contributed by atoms with Crippen LogP contribution in [0.2, 0.25) is 0 Å². The minimum Gasteiger partial charge on any atom is -0.508 e. The van der Waals surface area contributed by atoms with Gasteiger partial charge in [-0.3, -0.25) is 0 Å². The summed E-state index contributed by atoms with van der Waals surface area (Å²) < 4.78 is 5.19. The van der Waals surface area contributed by atoms with E-state index in [0.29, 0.717) is 21.9 Å². The first-order valence-electron chi connectivity index (χ1n) is 7.69. The molecule has 0 saturated carbocycles. The lowest BCUT2D eigenvalue weighted by atomic mass is 9.91. The Kier molecular flexibility index (Phi) is 4.40. The van der Waals surface area contributed by atoms with Crippen molar-refractivity contribution in [3.8, 4) is 5.75 Å². The van der Waals surface area contributed by atoms with Crippen LogP contribution in [0.3, 0.4) is 0 Å². The fraction of sp³-hybridized carbons (Fsp3) is 0.222. The van der Waals surface area contributed by atoms with Gasteiger partial charge in [0.2, 0.25) is 0 Å². The van der Waals surface area contributed by atoms with Crippen LogP contribution in [0.4, 0.5) is 0 Å². The van der Waals surface area contributed by atoms with Gasteiger partial charge in [0, 0.05) is 11.3 Å². The molecule has 0 radical (unpaired) electrons. The van der Waals surface area contributed by atoms with Crippen molar-refractivity contribution < 1.29 is 14.6 Å². The molecule has 0 fully saturated rings. The third-order valence-corrected chi connectivity index (χ3v) is 4.22. The fourth-order valence-electron chi connectivity index (χ4n) is 2.98. The second-order valence-electron chi connectivity index (χ2n) is 5.51. The first kappa shape index (κ1) is 16.3. The molecule has 1 heterocycles. The highest BCUT2D eigenvalue weighted by atomic mass is 32.1. The highest BCUT2D eigenvalue weighted by molar-refractivity contribution is 7.80. The first-order chi connectivity index (χ1) is 11.5. The first-order valence-corrected chi connectivity index (χ1v) is 8.09. The molecule has 0 bridgehead atoms. The number of phenolic OH excluding ortho intramolecular Hbond substituents is 1. The second-order valence-corrected chi connectivity index (χ2v) is 5.92. The number of hydrogen-bond donors (Lipinski definition) is 3. The van der Waals surface area contributed by atoms with Crippen LogP contribution >= 0.6 is 12.2 Å². The highest BCUT2D eigenvalue weighted by Gasteiger charge is 2.33. The molecule has 1 aliphatic heterocycles. The van der Waals surface area contributed by atoms with E-state index in [9.17, 15) is 9.90 Å². The van der Waals surface area contributed by atoms with Gasteiger partial charge in [-0.25, -0.2) is 4.79 Å². The third-order valence-electron chi connectivity index (χ3n) is 4.00. The molecule has 0 aliphatic carbocycles. The number of esters is 1. The van der Waals surface area contributed by atoms with E-state index >= 15 is 0 Å². The van der Waals surface area contributed by atoms with E-state index in [1.165, 1.54) is 0 Å². The number of rotatable bonds is 3. The summed E-state index contributed by atoms with van der Waals surface area (Å²) in [7, 11) is 0. The number of carbonyl (C=O) groups excluding carboxylic acids is 1. The van der Waals surface area contributed by atoms with Crippen LogP contribution in [0.25, 0.3) is 10.8 Å². The number of carbonyl (C=O) groups is 1. The van der Waals surface area contributed by atoms with Crippen LogP contribution in [-0.2, 0) is 9.53 Å². The summed E-state index contributed by atoms with van der Waals surface area (Å²) >= 11 is 5.24. The normalized spacial score (nSPS) is 17.4. The molecule has 0 spiro atoms. The standard InChI is InChI=1S/C18H18N2O3S/c1-3-23-17(22)14-10(2)19-18(24)20-16(14)15-12-7-5-4-6-11(12)8-9-13(15)21/h4-9,16,21H,3H2,1-2H3,(H2,19,20,24)/t16-/m1/s1. The lowest BCUT2D eigenvalue weighted by Crippen LogP contribution is -2.45. The molecule has 2 aromatic rings. The van der Waals surface area contributed by atoms with E-state index in [1.807, 2.05) is 30.3 Å². The van der Waals surface area contributed by atoms with Gasteiger partial charge in [0.05, 0.1) is 18.2 Å². The summed E-state index contributed by atoms with van der Waals surface area (Å²) in [5.74, 6) is -0.333. The average molecular weight is 342 g/mol. The lowest BCUT2D eigenvalue weighted by Gasteiger charge is -2.30. The molecular formula is C18H18N2O3S. The van der Waals surface area contributed by atoms with Gasteiger partial charge in [-0.2, -0.15) is 0 Å². The molecule has 0 amide bonds. The molecule has 5 nitrogen and oxygen atoms in total. The van der Waals surface area contributed by atoms with Crippen LogP contribution in [0.15, 0.2) is 47.7 Å². The molecular weight excluding hydrogens is 324 g/mol. The minimum atomic E-state index is -0.580. The number of phenols is 1. The van der Waals surface area contributed by atoms with Crippen molar-refractivity contribution in [2.75, 3.05) is 6.61 Å². The van der Waals surface area contributed by atoms with E-state index in [-0.39, 0.29) is 12.4 Å². The van der Waals surface area contributed by atoms with Gasteiger partial charge >= 0.3 is 5.97 Å². The van der Waals surface area contributed by atoms with Gasteiger partial charge in [0.15, 0.2) is 5.11 Å². The smallest absolute Gasteiger partial charge is 0.338 e. The maximum atomic E-state index is 12.5. The van der Waals surface area contributed by atoms with Crippen molar-refractivity contribution in [1.29, 1.82) is 0 Å². The Morgan fingerprint density at radius 1 is 1.29 bits per heavy atom. The Morgan fingerprint density at radius 2 is 2.04 bits per heavy atom. The number of allylic oxidation sites excluding steroid dienone is 1. The van der Waals surface area contributed by atoms with Gasteiger partial charge in [-0.1, -0.05) is 30.3 Å². The predicted molar refractivity (Wildman–Crippen MR) is 96.6 cm³/mol. The maximum absolute atomic E-state index is 12.5. The molecule has 24 heavy (non-hydrogen) atoms. The van der Waals surface area contributed by atoms with Crippen LogP contribution in [-0.4, -0.2) is 22.8 Å². The van der Waals surface area contributed by atoms with Gasteiger partial charge in [0.25, 0.3) is 0 Å². The Hall–Kier alpha value is -2.60. The Labute approximate surface area is 145 Å². The topological polar surface area (TPSA) is 70.6 Å². The van der Waals surface area contributed by atoms with Crippen molar-refractivity contribution in [1.82, 2.24) is 10.6 Å². The molecule has 2 aromatic carbocycles. The summed E-state index contributed by atoms with van der Waals surface area (Å²) in [5.41, 5.74) is 1.64. The second kappa shape index (κ2) is 6.49. The zero-order valence-electron chi connectivity index (χ0n) is 13.4. The van der Waals surface area contributed by atoms with Crippen molar-refractivity contribution in [2.45, 2.75) is 19.9 Å².